The molecule has 1 fully saturated rings. The molecule has 2 heterocycles. The van der Waals surface area contributed by atoms with Crippen molar-refractivity contribution in [3.8, 4) is 0 Å². The lowest BCUT2D eigenvalue weighted by Crippen LogP contribution is -2.52. The standard InChI is InChI=1S/C14H22N2O6S.ClH/c1-10-12(7-11(22-10)13(17)21-3)23(18,19)16-8-14(9-20-2)5-4-6-15-14;/h7,15-16H,4-6,8-9H2,1-3H3;1H. The van der Waals surface area contributed by atoms with E-state index in [1.807, 2.05) is 0 Å². The third kappa shape index (κ3) is 4.48. The van der Waals surface area contributed by atoms with Crippen LogP contribution in [0.2, 0.25) is 0 Å². The second kappa shape index (κ2) is 8.30. The number of aryl methyl sites for hydroxylation is 1. The number of carbonyl (C=O) groups excluding carboxylic acids is 1. The summed E-state index contributed by atoms with van der Waals surface area (Å²) in [4.78, 5) is 11.4. The van der Waals surface area contributed by atoms with Gasteiger partial charge in [0.1, 0.15) is 10.7 Å². The molecule has 2 rings (SSSR count). The molecular formula is C14H23ClN2O6S. The number of ether oxygens (including phenoxy) is 2. The van der Waals surface area contributed by atoms with Crippen LogP contribution in [0.3, 0.4) is 0 Å². The van der Waals surface area contributed by atoms with Gasteiger partial charge in [-0.3, -0.25) is 0 Å². The Bertz CT molecular complexity index is 667. The monoisotopic (exact) mass is 382 g/mol. The minimum Gasteiger partial charge on any atom is -0.463 e. The van der Waals surface area contributed by atoms with Gasteiger partial charge in [-0.1, -0.05) is 0 Å². The fourth-order valence-electron chi connectivity index (χ4n) is 2.71. The molecule has 1 aliphatic heterocycles. The van der Waals surface area contributed by atoms with Crippen LogP contribution in [0.1, 0.15) is 29.2 Å². The van der Waals surface area contributed by atoms with Gasteiger partial charge in [0.2, 0.25) is 15.8 Å². The summed E-state index contributed by atoms with van der Waals surface area (Å²) in [7, 11) is -1.02. The molecule has 10 heteroatoms. The maximum Gasteiger partial charge on any atom is 0.373 e. The second-order valence-electron chi connectivity index (χ2n) is 5.59. The number of carbonyl (C=O) groups is 1. The molecule has 1 saturated heterocycles. The summed E-state index contributed by atoms with van der Waals surface area (Å²) in [5.74, 6) is -0.725. The zero-order valence-electron chi connectivity index (χ0n) is 13.9. The van der Waals surface area contributed by atoms with Crippen LogP contribution in [-0.4, -0.2) is 53.8 Å². The van der Waals surface area contributed by atoms with Crippen molar-refractivity contribution in [3.63, 3.8) is 0 Å². The fourth-order valence-corrected chi connectivity index (χ4v) is 4.02. The lowest BCUT2D eigenvalue weighted by molar-refractivity contribution is 0.0563. The first-order valence-electron chi connectivity index (χ1n) is 7.26. The maximum atomic E-state index is 12.5. The molecule has 1 aliphatic rings. The number of sulfonamides is 1. The van der Waals surface area contributed by atoms with Gasteiger partial charge in [0, 0.05) is 19.7 Å². The SMILES string of the molecule is COCC1(CNS(=O)(=O)c2cc(C(=O)OC)oc2C)CCCN1.Cl. The van der Waals surface area contributed by atoms with E-state index >= 15 is 0 Å². The van der Waals surface area contributed by atoms with Gasteiger partial charge in [-0.15, -0.1) is 12.4 Å². The highest BCUT2D eigenvalue weighted by atomic mass is 35.5. The predicted molar refractivity (Wildman–Crippen MR) is 89.1 cm³/mol. The minimum absolute atomic E-state index is 0. The Morgan fingerprint density at radius 2 is 2.17 bits per heavy atom. The third-order valence-corrected chi connectivity index (χ3v) is 5.41. The third-order valence-electron chi connectivity index (χ3n) is 3.90. The molecule has 0 radical (unpaired) electrons. The number of esters is 1. The molecule has 138 valence electrons. The molecule has 24 heavy (non-hydrogen) atoms. The van der Waals surface area contributed by atoms with Gasteiger partial charge in [-0.2, -0.15) is 0 Å². The van der Waals surface area contributed by atoms with Gasteiger partial charge in [-0.25, -0.2) is 17.9 Å². The van der Waals surface area contributed by atoms with E-state index < -0.39 is 21.5 Å². The molecule has 0 aromatic carbocycles. The normalized spacial score (nSPS) is 20.6. The lowest BCUT2D eigenvalue weighted by atomic mass is 9.99. The van der Waals surface area contributed by atoms with Crippen molar-refractivity contribution < 1.29 is 27.1 Å². The summed E-state index contributed by atoms with van der Waals surface area (Å²) < 4.78 is 42.4. The molecule has 1 aromatic heterocycles. The average Bonchev–Trinajstić information content (AvgIpc) is 3.13. The van der Waals surface area contributed by atoms with E-state index in [1.165, 1.54) is 20.1 Å². The molecule has 1 aromatic rings. The molecule has 0 aliphatic carbocycles. The van der Waals surface area contributed by atoms with Crippen molar-refractivity contribution in [3.05, 3.63) is 17.6 Å². The van der Waals surface area contributed by atoms with Gasteiger partial charge >= 0.3 is 5.97 Å². The Morgan fingerprint density at radius 1 is 1.46 bits per heavy atom. The summed E-state index contributed by atoms with van der Waals surface area (Å²) in [5, 5.41) is 3.29. The van der Waals surface area contributed by atoms with Crippen LogP contribution < -0.4 is 10.0 Å². The molecule has 1 atom stereocenters. The minimum atomic E-state index is -3.80. The Labute approximate surface area is 147 Å². The summed E-state index contributed by atoms with van der Waals surface area (Å²) in [6.07, 6.45) is 1.78. The quantitative estimate of drug-likeness (QED) is 0.673. The van der Waals surface area contributed by atoms with Crippen molar-refractivity contribution in [1.29, 1.82) is 0 Å². The Hall–Kier alpha value is -1.13. The Balaban J connectivity index is 0.00000288. The zero-order chi connectivity index (χ0) is 17.1. The maximum absolute atomic E-state index is 12.5. The first-order valence-corrected chi connectivity index (χ1v) is 8.74. The van der Waals surface area contributed by atoms with Crippen LogP contribution in [0.15, 0.2) is 15.4 Å². The van der Waals surface area contributed by atoms with Crippen LogP contribution in [0, 0.1) is 6.92 Å². The zero-order valence-corrected chi connectivity index (χ0v) is 15.5. The number of furan rings is 1. The number of rotatable bonds is 7. The highest BCUT2D eigenvalue weighted by molar-refractivity contribution is 7.89. The van der Waals surface area contributed by atoms with Crippen molar-refractivity contribution in [2.24, 2.45) is 0 Å². The number of hydrogen-bond donors (Lipinski definition) is 2. The van der Waals surface area contributed by atoms with E-state index in [1.54, 1.807) is 7.11 Å². The van der Waals surface area contributed by atoms with E-state index in [0.29, 0.717) is 6.61 Å². The van der Waals surface area contributed by atoms with E-state index in [2.05, 4.69) is 14.8 Å². The highest BCUT2D eigenvalue weighted by Crippen LogP contribution is 2.23. The van der Waals surface area contributed by atoms with Crippen molar-refractivity contribution in [2.45, 2.75) is 30.2 Å². The summed E-state index contributed by atoms with van der Waals surface area (Å²) in [5.41, 5.74) is -0.412. The Morgan fingerprint density at radius 3 is 2.71 bits per heavy atom. The van der Waals surface area contributed by atoms with Crippen molar-refractivity contribution >= 4 is 28.4 Å². The first kappa shape index (κ1) is 20.9. The average molecular weight is 383 g/mol. The van der Waals surface area contributed by atoms with E-state index in [0.717, 1.165) is 19.4 Å². The van der Waals surface area contributed by atoms with E-state index in [9.17, 15) is 13.2 Å². The fraction of sp³-hybridized carbons (Fsp3) is 0.643. The van der Waals surface area contributed by atoms with Crippen LogP contribution in [-0.2, 0) is 19.5 Å². The summed E-state index contributed by atoms with van der Waals surface area (Å²) in [6, 6.07) is 1.18. The molecule has 0 amide bonds. The van der Waals surface area contributed by atoms with Crippen molar-refractivity contribution in [1.82, 2.24) is 10.0 Å². The smallest absolute Gasteiger partial charge is 0.373 e. The van der Waals surface area contributed by atoms with E-state index in [4.69, 9.17) is 9.15 Å². The summed E-state index contributed by atoms with van der Waals surface area (Å²) >= 11 is 0. The van der Waals surface area contributed by atoms with Gasteiger partial charge in [0.05, 0.1) is 19.3 Å². The van der Waals surface area contributed by atoms with Gasteiger partial charge in [-0.05, 0) is 26.3 Å². The molecule has 0 spiro atoms. The number of hydrogen-bond acceptors (Lipinski definition) is 7. The molecule has 2 N–H and O–H groups in total. The van der Waals surface area contributed by atoms with Crippen LogP contribution in [0.5, 0.6) is 0 Å². The second-order valence-corrected chi connectivity index (χ2v) is 7.33. The molecule has 1 unspecified atom stereocenters. The van der Waals surface area contributed by atoms with Crippen molar-refractivity contribution in [2.75, 3.05) is 33.9 Å². The largest absolute Gasteiger partial charge is 0.463 e. The Kier molecular flexibility index (Phi) is 7.24. The number of nitrogens with one attached hydrogen (secondary N) is 2. The predicted octanol–water partition coefficient (Wildman–Crippen LogP) is 0.843. The van der Waals surface area contributed by atoms with Gasteiger partial charge in [0.25, 0.3) is 0 Å². The van der Waals surface area contributed by atoms with Gasteiger partial charge < -0.3 is 19.2 Å². The van der Waals surface area contributed by atoms with Crippen LogP contribution in [0.4, 0.5) is 0 Å². The lowest BCUT2D eigenvalue weighted by Gasteiger charge is -2.28. The molecule has 0 bridgehead atoms. The number of methoxy groups -OCH3 is 2. The van der Waals surface area contributed by atoms with E-state index in [-0.39, 0.29) is 35.4 Å². The number of halogens is 1. The molecule has 8 nitrogen and oxygen atoms in total. The van der Waals surface area contributed by atoms with Crippen LogP contribution in [0.25, 0.3) is 0 Å². The van der Waals surface area contributed by atoms with Crippen LogP contribution >= 0.6 is 12.4 Å². The topological polar surface area (TPSA) is 107 Å². The van der Waals surface area contributed by atoms with Gasteiger partial charge in [0.15, 0.2) is 0 Å². The highest BCUT2D eigenvalue weighted by Gasteiger charge is 2.35. The summed E-state index contributed by atoms with van der Waals surface area (Å²) in [6.45, 7) is 2.91. The first-order chi connectivity index (χ1) is 10.8. The molecule has 0 saturated carbocycles. The molecular weight excluding hydrogens is 360 g/mol.